The Morgan fingerprint density at radius 3 is 2.28 bits per heavy atom. The molecule has 0 saturated carbocycles. The highest BCUT2D eigenvalue weighted by Crippen LogP contribution is 2.49. The van der Waals surface area contributed by atoms with Gasteiger partial charge in [0.2, 0.25) is 6.10 Å². The molecule has 2 aromatic rings. The van der Waals surface area contributed by atoms with E-state index in [1.807, 2.05) is 13.8 Å². The van der Waals surface area contributed by atoms with Crippen LogP contribution in [0.3, 0.4) is 0 Å². The number of carboxylic acids is 1. The number of rotatable bonds is 3. The number of alkyl halides is 3. The number of benzene rings is 2. The SMILES string of the molecule is Cc1cc(Cl)c(Oc2c(Cl)cc(Cl)c3c2C=C(C(=O)O)C(C(F)(F)F)O3)cc1C. The number of aliphatic carboxylic acids is 1. The first-order chi connectivity index (χ1) is 13.4. The van der Waals surface area contributed by atoms with Gasteiger partial charge in [-0.1, -0.05) is 34.8 Å². The number of aryl methyl sites for hydroxylation is 2. The van der Waals surface area contributed by atoms with E-state index in [1.54, 1.807) is 12.1 Å². The molecule has 1 atom stereocenters. The van der Waals surface area contributed by atoms with Crippen LogP contribution >= 0.6 is 34.8 Å². The van der Waals surface area contributed by atoms with Crippen LogP contribution in [0.25, 0.3) is 6.08 Å². The molecule has 0 aromatic heterocycles. The second-order valence-corrected chi connectivity index (χ2v) is 7.55. The zero-order valence-electron chi connectivity index (χ0n) is 14.8. The van der Waals surface area contributed by atoms with Crippen molar-refractivity contribution in [2.45, 2.75) is 26.1 Å². The van der Waals surface area contributed by atoms with Crippen molar-refractivity contribution in [2.75, 3.05) is 0 Å². The van der Waals surface area contributed by atoms with Crippen LogP contribution in [-0.2, 0) is 4.79 Å². The largest absolute Gasteiger partial charge is 0.478 e. The number of halogens is 6. The first-order valence-corrected chi connectivity index (χ1v) is 9.18. The van der Waals surface area contributed by atoms with Gasteiger partial charge in [-0.2, -0.15) is 13.2 Å². The van der Waals surface area contributed by atoms with Crippen LogP contribution in [0.1, 0.15) is 16.7 Å². The van der Waals surface area contributed by atoms with Gasteiger partial charge in [-0.3, -0.25) is 0 Å². The molecule has 1 N–H and O–H groups in total. The lowest BCUT2D eigenvalue weighted by atomic mass is 10.0. The highest BCUT2D eigenvalue weighted by molar-refractivity contribution is 6.37. The second kappa shape index (κ2) is 7.63. The maximum absolute atomic E-state index is 13.3. The molecule has 10 heteroatoms. The molecule has 2 aromatic carbocycles. The van der Waals surface area contributed by atoms with Gasteiger partial charge in [-0.25, -0.2) is 4.79 Å². The Hall–Kier alpha value is -2.09. The number of ether oxygens (including phenoxy) is 2. The Bertz CT molecular complexity index is 1050. The molecule has 3 rings (SSSR count). The van der Waals surface area contributed by atoms with Crippen LogP contribution in [0.4, 0.5) is 13.2 Å². The van der Waals surface area contributed by atoms with Gasteiger partial charge in [-0.05, 0) is 49.2 Å². The average Bonchev–Trinajstić information content (AvgIpc) is 2.60. The Morgan fingerprint density at radius 1 is 1.07 bits per heavy atom. The molecule has 1 unspecified atom stereocenters. The molecule has 29 heavy (non-hydrogen) atoms. The van der Waals surface area contributed by atoms with Crippen molar-refractivity contribution in [1.29, 1.82) is 0 Å². The summed E-state index contributed by atoms with van der Waals surface area (Å²) in [5.74, 6) is -2.14. The van der Waals surface area contributed by atoms with Crippen LogP contribution in [0.5, 0.6) is 17.2 Å². The summed E-state index contributed by atoms with van der Waals surface area (Å²) in [5.41, 5.74) is 0.587. The van der Waals surface area contributed by atoms with Crippen LogP contribution in [0.2, 0.25) is 15.1 Å². The van der Waals surface area contributed by atoms with E-state index in [-0.39, 0.29) is 32.1 Å². The molecule has 0 amide bonds. The number of carbonyl (C=O) groups is 1. The van der Waals surface area contributed by atoms with Gasteiger partial charge >= 0.3 is 12.1 Å². The molecule has 1 heterocycles. The van der Waals surface area contributed by atoms with Crippen LogP contribution in [-0.4, -0.2) is 23.4 Å². The van der Waals surface area contributed by atoms with E-state index in [4.69, 9.17) is 44.3 Å². The molecule has 0 fully saturated rings. The van der Waals surface area contributed by atoms with Crippen molar-refractivity contribution in [3.63, 3.8) is 0 Å². The zero-order chi connectivity index (χ0) is 21.7. The molecule has 0 bridgehead atoms. The summed E-state index contributed by atoms with van der Waals surface area (Å²) < 4.78 is 50.6. The van der Waals surface area contributed by atoms with Gasteiger partial charge in [0.05, 0.1) is 26.2 Å². The van der Waals surface area contributed by atoms with Crippen molar-refractivity contribution >= 4 is 46.8 Å². The molecule has 1 aliphatic rings. The van der Waals surface area contributed by atoms with Crippen molar-refractivity contribution in [3.8, 4) is 17.2 Å². The van der Waals surface area contributed by atoms with E-state index < -0.39 is 29.6 Å². The zero-order valence-corrected chi connectivity index (χ0v) is 17.1. The molecular formula is C19H12Cl3F3O4. The van der Waals surface area contributed by atoms with Gasteiger partial charge in [0.15, 0.2) is 5.75 Å². The molecule has 154 valence electrons. The van der Waals surface area contributed by atoms with Gasteiger partial charge in [0.25, 0.3) is 0 Å². The highest BCUT2D eigenvalue weighted by atomic mass is 35.5. The van der Waals surface area contributed by atoms with Crippen molar-refractivity contribution in [1.82, 2.24) is 0 Å². The van der Waals surface area contributed by atoms with E-state index in [9.17, 15) is 23.1 Å². The summed E-state index contributed by atoms with van der Waals surface area (Å²) >= 11 is 18.4. The first-order valence-electron chi connectivity index (χ1n) is 8.05. The number of hydrogen-bond acceptors (Lipinski definition) is 3. The second-order valence-electron chi connectivity index (χ2n) is 6.33. The molecule has 0 saturated heterocycles. The van der Waals surface area contributed by atoms with Gasteiger partial charge in [0.1, 0.15) is 11.5 Å². The molecule has 0 aliphatic carbocycles. The lowest BCUT2D eigenvalue weighted by Gasteiger charge is -2.29. The minimum Gasteiger partial charge on any atom is -0.478 e. The van der Waals surface area contributed by atoms with Crippen LogP contribution < -0.4 is 9.47 Å². The fourth-order valence-electron chi connectivity index (χ4n) is 2.73. The Balaban J connectivity index is 2.20. The van der Waals surface area contributed by atoms with Gasteiger partial charge in [-0.15, -0.1) is 0 Å². The predicted molar refractivity (Wildman–Crippen MR) is 104 cm³/mol. The summed E-state index contributed by atoms with van der Waals surface area (Å²) in [6.07, 6.45) is -6.87. The highest BCUT2D eigenvalue weighted by Gasteiger charge is 2.49. The van der Waals surface area contributed by atoms with E-state index in [2.05, 4.69) is 0 Å². The van der Waals surface area contributed by atoms with Crippen molar-refractivity contribution in [3.05, 3.63) is 55.5 Å². The number of fused-ring (bicyclic) bond motifs is 1. The number of hydrogen-bond donors (Lipinski definition) is 1. The molecule has 0 spiro atoms. The number of carboxylic acid groups (broad SMARTS) is 1. The van der Waals surface area contributed by atoms with E-state index in [0.717, 1.165) is 23.3 Å². The fourth-order valence-corrected chi connectivity index (χ4v) is 3.55. The predicted octanol–water partition coefficient (Wildman–Crippen LogP) is 6.85. The Labute approximate surface area is 178 Å². The van der Waals surface area contributed by atoms with Gasteiger partial charge in [0, 0.05) is 0 Å². The smallest absolute Gasteiger partial charge is 0.430 e. The normalized spacial score (nSPS) is 16.0. The quantitative estimate of drug-likeness (QED) is 0.536. The van der Waals surface area contributed by atoms with Crippen molar-refractivity contribution < 1.29 is 32.5 Å². The summed E-state index contributed by atoms with van der Waals surface area (Å²) in [6, 6.07) is 4.43. The van der Waals surface area contributed by atoms with E-state index >= 15 is 0 Å². The minimum absolute atomic E-state index is 0.0573. The Kier molecular flexibility index (Phi) is 5.69. The lowest BCUT2D eigenvalue weighted by Crippen LogP contribution is -2.40. The van der Waals surface area contributed by atoms with Gasteiger partial charge < -0.3 is 14.6 Å². The monoisotopic (exact) mass is 466 g/mol. The molecule has 1 aliphatic heterocycles. The third-order valence-corrected chi connectivity index (χ3v) is 5.16. The fraction of sp³-hybridized carbons (Fsp3) is 0.211. The van der Waals surface area contributed by atoms with Crippen LogP contribution in [0.15, 0.2) is 23.8 Å². The van der Waals surface area contributed by atoms with Crippen LogP contribution in [0, 0.1) is 13.8 Å². The molecular weight excluding hydrogens is 456 g/mol. The summed E-state index contributed by atoms with van der Waals surface area (Å²) in [6.45, 7) is 3.66. The third kappa shape index (κ3) is 4.13. The summed E-state index contributed by atoms with van der Waals surface area (Å²) in [7, 11) is 0. The maximum Gasteiger partial charge on any atom is 0.430 e. The first kappa shape index (κ1) is 21.6. The summed E-state index contributed by atoms with van der Waals surface area (Å²) in [4.78, 5) is 11.4. The maximum atomic E-state index is 13.3. The molecule has 4 nitrogen and oxygen atoms in total. The lowest BCUT2D eigenvalue weighted by molar-refractivity contribution is -0.187. The van der Waals surface area contributed by atoms with E-state index in [1.165, 1.54) is 0 Å². The standard InChI is InChI=1S/C19H12Cl3F3O4/c1-7-3-11(20)14(4-8(7)2)28-15-9-5-10(18(26)27)17(19(23,24)25)29-16(9)13(22)6-12(15)21/h3-6,17H,1-2H3,(H,26,27). The summed E-state index contributed by atoms with van der Waals surface area (Å²) in [5, 5.41) is 9.21. The van der Waals surface area contributed by atoms with Crippen molar-refractivity contribution in [2.24, 2.45) is 0 Å². The minimum atomic E-state index is -4.97. The van der Waals surface area contributed by atoms with E-state index in [0.29, 0.717) is 0 Å². The molecule has 0 radical (unpaired) electrons. The topological polar surface area (TPSA) is 55.8 Å². The third-order valence-electron chi connectivity index (χ3n) is 4.30. The average molecular weight is 468 g/mol. The Morgan fingerprint density at radius 2 is 1.69 bits per heavy atom.